The molecule has 0 rings (SSSR count). The number of halogens is 1. The molecule has 0 spiro atoms. The van der Waals surface area contributed by atoms with Gasteiger partial charge in [0.1, 0.15) is 0 Å². The Morgan fingerprint density at radius 2 is 2.10 bits per heavy atom. The maximum Gasteiger partial charge on any atom is 0.0621 e. The summed E-state index contributed by atoms with van der Waals surface area (Å²) in [5.74, 6) is 0. The first kappa shape index (κ1) is 9.78. The number of nitriles is 1. The molecule has 58 valence electrons. The van der Waals surface area contributed by atoms with E-state index >= 15 is 0 Å². The van der Waals surface area contributed by atoms with E-state index < -0.39 is 0 Å². The SMILES string of the molecule is CC(Cl)CCCCCC#N. The molecular formula is C8H14ClN. The van der Waals surface area contributed by atoms with E-state index in [0.717, 1.165) is 25.7 Å². The Balaban J connectivity index is 2.86. The molecule has 0 aromatic rings. The van der Waals surface area contributed by atoms with Gasteiger partial charge in [-0.05, 0) is 19.8 Å². The number of hydrogen-bond donors (Lipinski definition) is 0. The topological polar surface area (TPSA) is 23.8 Å². The minimum Gasteiger partial charge on any atom is -0.198 e. The van der Waals surface area contributed by atoms with Crippen LogP contribution < -0.4 is 0 Å². The van der Waals surface area contributed by atoms with Crippen molar-refractivity contribution in [1.82, 2.24) is 0 Å². The third kappa shape index (κ3) is 7.78. The monoisotopic (exact) mass is 159 g/mol. The van der Waals surface area contributed by atoms with Crippen LogP contribution in [0, 0.1) is 11.3 Å². The Bertz CT molecular complexity index is 104. The van der Waals surface area contributed by atoms with Gasteiger partial charge in [0, 0.05) is 11.8 Å². The molecule has 0 saturated heterocycles. The lowest BCUT2D eigenvalue weighted by molar-refractivity contribution is 0.643. The van der Waals surface area contributed by atoms with Gasteiger partial charge in [0.05, 0.1) is 6.07 Å². The largest absolute Gasteiger partial charge is 0.198 e. The van der Waals surface area contributed by atoms with Gasteiger partial charge in [-0.15, -0.1) is 11.6 Å². The Labute approximate surface area is 68.0 Å². The lowest BCUT2D eigenvalue weighted by Crippen LogP contribution is -1.89. The van der Waals surface area contributed by atoms with Gasteiger partial charge in [0.25, 0.3) is 0 Å². The predicted octanol–water partition coefficient (Wildman–Crippen LogP) is 3.09. The Hall–Kier alpha value is -0.220. The van der Waals surface area contributed by atoms with Gasteiger partial charge in [-0.2, -0.15) is 5.26 Å². The molecule has 2 heteroatoms. The van der Waals surface area contributed by atoms with E-state index in [0.29, 0.717) is 11.8 Å². The summed E-state index contributed by atoms with van der Waals surface area (Å²) in [4.78, 5) is 0. The van der Waals surface area contributed by atoms with Crippen molar-refractivity contribution in [1.29, 1.82) is 5.26 Å². The van der Waals surface area contributed by atoms with E-state index in [9.17, 15) is 0 Å². The summed E-state index contributed by atoms with van der Waals surface area (Å²) >= 11 is 5.73. The smallest absolute Gasteiger partial charge is 0.0621 e. The molecule has 0 amide bonds. The maximum absolute atomic E-state index is 8.20. The third-order valence-corrected chi connectivity index (χ3v) is 1.61. The van der Waals surface area contributed by atoms with E-state index in [1.54, 1.807) is 0 Å². The van der Waals surface area contributed by atoms with Crippen LogP contribution in [0.2, 0.25) is 0 Å². The zero-order valence-electron chi connectivity index (χ0n) is 6.44. The van der Waals surface area contributed by atoms with Crippen molar-refractivity contribution in [3.8, 4) is 6.07 Å². The summed E-state index contributed by atoms with van der Waals surface area (Å²) in [7, 11) is 0. The fourth-order valence-corrected chi connectivity index (χ4v) is 0.961. The predicted molar refractivity (Wildman–Crippen MR) is 44.0 cm³/mol. The normalized spacial score (nSPS) is 12.5. The molecule has 1 atom stereocenters. The highest BCUT2D eigenvalue weighted by Gasteiger charge is 1.94. The van der Waals surface area contributed by atoms with Gasteiger partial charge in [-0.25, -0.2) is 0 Å². The first-order chi connectivity index (χ1) is 4.77. The van der Waals surface area contributed by atoms with Crippen LogP contribution in [0.3, 0.4) is 0 Å². The molecule has 0 radical (unpaired) electrons. The Kier molecular flexibility index (Phi) is 6.74. The first-order valence-electron chi connectivity index (χ1n) is 3.78. The third-order valence-electron chi connectivity index (χ3n) is 1.39. The quantitative estimate of drug-likeness (QED) is 0.447. The van der Waals surface area contributed by atoms with Crippen molar-refractivity contribution >= 4 is 11.6 Å². The zero-order chi connectivity index (χ0) is 7.82. The van der Waals surface area contributed by atoms with Crippen molar-refractivity contribution < 1.29 is 0 Å². The van der Waals surface area contributed by atoms with Crippen LogP contribution in [0.1, 0.15) is 39.0 Å². The first-order valence-corrected chi connectivity index (χ1v) is 4.22. The molecule has 1 nitrogen and oxygen atoms in total. The lowest BCUT2D eigenvalue weighted by atomic mass is 10.1. The molecule has 0 aliphatic heterocycles. The van der Waals surface area contributed by atoms with Gasteiger partial charge in [-0.3, -0.25) is 0 Å². The minimum absolute atomic E-state index is 0.294. The second-order valence-electron chi connectivity index (χ2n) is 2.54. The maximum atomic E-state index is 8.20. The van der Waals surface area contributed by atoms with Crippen LogP contribution in [0.15, 0.2) is 0 Å². The molecule has 0 N–H and O–H groups in total. The van der Waals surface area contributed by atoms with Crippen LogP contribution in [-0.2, 0) is 0 Å². The van der Waals surface area contributed by atoms with Gasteiger partial charge in [-0.1, -0.05) is 12.8 Å². The van der Waals surface area contributed by atoms with Crippen LogP contribution in [0.4, 0.5) is 0 Å². The molecule has 0 aromatic heterocycles. The lowest BCUT2D eigenvalue weighted by Gasteiger charge is -1.99. The van der Waals surface area contributed by atoms with Crippen LogP contribution in [0.25, 0.3) is 0 Å². The van der Waals surface area contributed by atoms with Crippen molar-refractivity contribution in [3.05, 3.63) is 0 Å². The van der Waals surface area contributed by atoms with Crippen molar-refractivity contribution in [2.75, 3.05) is 0 Å². The minimum atomic E-state index is 0.294. The van der Waals surface area contributed by atoms with Gasteiger partial charge >= 0.3 is 0 Å². The highest BCUT2D eigenvalue weighted by Crippen LogP contribution is 2.08. The highest BCUT2D eigenvalue weighted by atomic mass is 35.5. The van der Waals surface area contributed by atoms with Crippen molar-refractivity contribution in [3.63, 3.8) is 0 Å². The fraction of sp³-hybridized carbons (Fsp3) is 0.875. The molecule has 0 heterocycles. The Morgan fingerprint density at radius 3 is 2.60 bits per heavy atom. The second-order valence-corrected chi connectivity index (χ2v) is 3.28. The Morgan fingerprint density at radius 1 is 1.40 bits per heavy atom. The standard InChI is InChI=1S/C8H14ClN/c1-8(9)6-4-2-3-5-7-10/h8H,2-6H2,1H3. The number of unbranched alkanes of at least 4 members (excludes halogenated alkanes) is 3. The summed E-state index contributed by atoms with van der Waals surface area (Å²) < 4.78 is 0. The van der Waals surface area contributed by atoms with Crippen LogP contribution in [0.5, 0.6) is 0 Å². The van der Waals surface area contributed by atoms with Crippen molar-refractivity contribution in [2.24, 2.45) is 0 Å². The molecule has 0 fully saturated rings. The summed E-state index contributed by atoms with van der Waals surface area (Å²) in [6.07, 6.45) is 5.10. The summed E-state index contributed by atoms with van der Waals surface area (Å²) in [5, 5.41) is 8.49. The zero-order valence-corrected chi connectivity index (χ0v) is 7.19. The molecule has 0 bridgehead atoms. The molecule has 10 heavy (non-hydrogen) atoms. The summed E-state index contributed by atoms with van der Waals surface area (Å²) in [6.45, 7) is 2.01. The van der Waals surface area contributed by atoms with Gasteiger partial charge < -0.3 is 0 Å². The van der Waals surface area contributed by atoms with Crippen molar-refractivity contribution in [2.45, 2.75) is 44.4 Å². The molecule has 0 aromatic carbocycles. The van der Waals surface area contributed by atoms with Crippen LogP contribution >= 0.6 is 11.6 Å². The molecular weight excluding hydrogens is 146 g/mol. The fourth-order valence-electron chi connectivity index (χ4n) is 0.806. The summed E-state index contributed by atoms with van der Waals surface area (Å²) in [5.41, 5.74) is 0. The number of rotatable bonds is 5. The molecule has 0 aliphatic rings. The second kappa shape index (κ2) is 6.89. The van der Waals surface area contributed by atoms with E-state index in [4.69, 9.17) is 16.9 Å². The molecule has 0 aliphatic carbocycles. The summed E-state index contributed by atoms with van der Waals surface area (Å²) in [6, 6.07) is 2.12. The van der Waals surface area contributed by atoms with E-state index in [2.05, 4.69) is 6.07 Å². The van der Waals surface area contributed by atoms with E-state index in [1.165, 1.54) is 0 Å². The average Bonchev–Trinajstić information content (AvgIpc) is 1.87. The van der Waals surface area contributed by atoms with Crippen LogP contribution in [-0.4, -0.2) is 5.38 Å². The molecule has 1 unspecified atom stereocenters. The van der Waals surface area contributed by atoms with Gasteiger partial charge in [0.2, 0.25) is 0 Å². The van der Waals surface area contributed by atoms with Gasteiger partial charge in [0.15, 0.2) is 0 Å². The molecule has 0 saturated carbocycles. The van der Waals surface area contributed by atoms with E-state index in [1.807, 2.05) is 6.92 Å². The number of hydrogen-bond acceptors (Lipinski definition) is 1. The number of alkyl halides is 1. The van der Waals surface area contributed by atoms with E-state index in [-0.39, 0.29) is 0 Å². The number of nitrogens with zero attached hydrogens (tertiary/aromatic N) is 1. The average molecular weight is 160 g/mol. The highest BCUT2D eigenvalue weighted by molar-refractivity contribution is 6.20.